The van der Waals surface area contributed by atoms with Crippen LogP contribution in [0.3, 0.4) is 0 Å². The third-order valence-electron chi connectivity index (χ3n) is 24.8. The molecule has 0 aromatic heterocycles. The van der Waals surface area contributed by atoms with Crippen molar-refractivity contribution in [1.82, 2.24) is 0 Å². The summed E-state index contributed by atoms with van der Waals surface area (Å²) in [6.07, 6.45) is -46.0. The lowest BCUT2D eigenvalue weighted by Crippen LogP contribution is -2.66. The summed E-state index contributed by atoms with van der Waals surface area (Å²) in [5.41, 5.74) is -2.48. The molecule has 11 aliphatic rings. The summed E-state index contributed by atoms with van der Waals surface area (Å²) >= 11 is 0. The molecular weight excluding hydrogens is 1310 g/mol. The molecule has 20 N–H and O–H groups in total. The van der Waals surface area contributed by atoms with Crippen LogP contribution in [0.2, 0.25) is 0 Å². The maximum Gasteiger partial charge on any atom is 0.187 e. The van der Waals surface area contributed by atoms with Crippen molar-refractivity contribution < 1.29 is 164 Å². The van der Waals surface area contributed by atoms with Crippen molar-refractivity contribution in [2.45, 2.75) is 314 Å². The van der Waals surface area contributed by atoms with E-state index < -0.39 is 259 Å². The largest absolute Gasteiger partial charge is 0.394 e. The third-order valence-corrected chi connectivity index (χ3v) is 24.8. The molecule has 0 aromatic carbocycles. The fraction of sp³-hybridized carbons (Fsp3) is 0.969. The maximum atomic E-state index is 12.3. The number of aliphatic hydroxyl groups excluding tert-OH is 19. The summed E-state index contributed by atoms with van der Waals surface area (Å²) in [4.78, 5) is 0. The van der Waals surface area contributed by atoms with Crippen molar-refractivity contribution in [3.63, 3.8) is 0 Å². The van der Waals surface area contributed by atoms with Gasteiger partial charge in [-0.2, -0.15) is 0 Å². The van der Waals surface area contributed by atoms with E-state index in [0.717, 1.165) is 18.4 Å². The van der Waals surface area contributed by atoms with Gasteiger partial charge in [0.05, 0.1) is 63.6 Å². The SMILES string of the molecule is CC(C)(O)C1CCC(C2CCC3(C)C4CC=C5C(CCC(OC6OC(COC7OC(CO)C(O)C(O)C7O)C(O)C(O)C6OC6OC(CO)C(O)C(O)C6O)C5(C)C)C4(C)CCC23C)OC2C(O)C(CO)OC(OC3C(OC(COC4OC(CO)C(O)C(O)C4O)C(O)C3O)O1)C2O. The summed E-state index contributed by atoms with van der Waals surface area (Å²) in [5, 5.41) is 219. The van der Waals surface area contributed by atoms with Gasteiger partial charge in [-0.1, -0.05) is 46.3 Å². The van der Waals surface area contributed by atoms with Crippen molar-refractivity contribution in [2.75, 3.05) is 39.6 Å². The monoisotopic (exact) mass is 1420 g/mol. The second-order valence-corrected chi connectivity index (χ2v) is 31.1. The predicted octanol–water partition coefficient (Wildman–Crippen LogP) is -6.78. The van der Waals surface area contributed by atoms with Crippen LogP contribution in [0.15, 0.2) is 11.6 Å². The van der Waals surface area contributed by atoms with Crippen LogP contribution in [-0.4, -0.2) is 350 Å². The highest BCUT2D eigenvalue weighted by molar-refractivity contribution is 5.31. The van der Waals surface area contributed by atoms with Crippen molar-refractivity contribution >= 4 is 0 Å². The maximum absolute atomic E-state index is 12.3. The smallest absolute Gasteiger partial charge is 0.187 e. The van der Waals surface area contributed by atoms with Crippen molar-refractivity contribution in [2.24, 2.45) is 39.4 Å². The average molecular weight is 1420 g/mol. The van der Waals surface area contributed by atoms with Crippen LogP contribution >= 0.6 is 0 Å². The van der Waals surface area contributed by atoms with Gasteiger partial charge in [-0.25, -0.2) is 0 Å². The van der Waals surface area contributed by atoms with Crippen molar-refractivity contribution in [1.29, 1.82) is 0 Å². The lowest BCUT2D eigenvalue weighted by Gasteiger charge is -2.66. The Bertz CT molecular complexity index is 2650. The Labute approximate surface area is 567 Å². The topological polar surface area (TPSA) is 525 Å². The Hall–Kier alpha value is -1.58. The average Bonchev–Trinajstić information content (AvgIpc) is 1.37. The summed E-state index contributed by atoms with van der Waals surface area (Å²) in [7, 11) is 0. The van der Waals surface area contributed by atoms with E-state index in [9.17, 15) is 102 Å². The molecule has 10 fully saturated rings. The normalized spacial score (nSPS) is 54.0. The van der Waals surface area contributed by atoms with Crippen LogP contribution in [0.5, 0.6) is 0 Å². The van der Waals surface area contributed by atoms with Gasteiger partial charge in [0.2, 0.25) is 0 Å². The number of allylic oxidation sites excluding steroid dienone is 1. The first-order valence-corrected chi connectivity index (χ1v) is 34.6. The molecule has 566 valence electrons. The van der Waals surface area contributed by atoms with Gasteiger partial charge in [0.25, 0.3) is 0 Å². The van der Waals surface area contributed by atoms with Gasteiger partial charge in [-0.05, 0) is 106 Å². The van der Waals surface area contributed by atoms with Gasteiger partial charge in [-0.3, -0.25) is 0 Å². The zero-order valence-corrected chi connectivity index (χ0v) is 56.2. The Morgan fingerprint density at radius 2 is 0.929 bits per heavy atom. The standard InChI is InChI=1S/C65H108O33/c1-61(2)24-8-11-34-63(5,25(24)9-12-35(61)95-59-53(97-57-50(83)45(78)39(72)30(20-68)91-57)46(79)40(73)32(93-59)22-86-55-48(81)43(76)37(70)28(18-66)89-55)16-17-64(6)26(14-15-65(34,64)7)27-10-13-36(62(3,4)85)96-60-54(98-58-51(84)52(88-27)42(75)31(21-69)92-58)47(80)41(74)33(94-60)23-87-56-49(82)44(77)38(71)29(19-67)90-56/h8,25-60,66-85H,9-23H2,1-7H3. The number of rotatable bonds is 16. The molecule has 7 saturated heterocycles. The minimum absolute atomic E-state index is 0.00331. The van der Waals surface area contributed by atoms with E-state index in [1.807, 2.05) is 13.8 Å². The zero-order valence-electron chi connectivity index (χ0n) is 56.2. The molecule has 11 rings (SSSR count). The van der Waals surface area contributed by atoms with Crippen LogP contribution in [0.1, 0.15) is 106 Å². The highest BCUT2D eigenvalue weighted by Crippen LogP contribution is 2.75. The Morgan fingerprint density at radius 1 is 0.429 bits per heavy atom. The van der Waals surface area contributed by atoms with E-state index in [1.165, 1.54) is 13.8 Å². The summed E-state index contributed by atoms with van der Waals surface area (Å²) in [6, 6.07) is 0. The molecule has 33 heteroatoms. The zero-order chi connectivity index (χ0) is 71.4. The second kappa shape index (κ2) is 30.0. The van der Waals surface area contributed by atoms with Crippen LogP contribution in [-0.2, 0) is 61.6 Å². The summed E-state index contributed by atoms with van der Waals surface area (Å²) in [6.45, 7) is 9.73. The van der Waals surface area contributed by atoms with Gasteiger partial charge in [-0.15, -0.1) is 0 Å². The van der Waals surface area contributed by atoms with E-state index in [0.29, 0.717) is 32.1 Å². The van der Waals surface area contributed by atoms with Crippen LogP contribution in [0.25, 0.3) is 0 Å². The van der Waals surface area contributed by atoms with Crippen molar-refractivity contribution in [3.8, 4) is 0 Å². The molecule has 3 saturated carbocycles. The van der Waals surface area contributed by atoms with Crippen LogP contribution in [0, 0.1) is 39.4 Å². The summed E-state index contributed by atoms with van der Waals surface area (Å²) in [5.74, 6) is -0.172. The molecule has 39 unspecified atom stereocenters. The van der Waals surface area contributed by atoms with Gasteiger partial charge < -0.3 is 164 Å². The third kappa shape index (κ3) is 13.9. The number of hydrogen-bond donors (Lipinski definition) is 20. The summed E-state index contributed by atoms with van der Waals surface area (Å²) < 4.78 is 79.9. The quantitative estimate of drug-likeness (QED) is 0.0639. The molecule has 39 atom stereocenters. The minimum atomic E-state index is -1.93. The molecule has 7 aliphatic heterocycles. The molecule has 98 heavy (non-hydrogen) atoms. The number of fused-ring (bicyclic) bond motifs is 8. The van der Waals surface area contributed by atoms with E-state index in [4.69, 9.17) is 61.6 Å². The van der Waals surface area contributed by atoms with Gasteiger partial charge in [0.1, 0.15) is 146 Å². The van der Waals surface area contributed by atoms with E-state index in [-0.39, 0.29) is 41.4 Å². The first-order valence-electron chi connectivity index (χ1n) is 34.6. The Balaban J connectivity index is 0.836. The molecule has 4 aliphatic carbocycles. The Kier molecular flexibility index (Phi) is 23.7. The fourth-order valence-corrected chi connectivity index (χ4v) is 18.5. The Morgan fingerprint density at radius 3 is 1.49 bits per heavy atom. The lowest BCUT2D eigenvalue weighted by atomic mass is 9.39. The van der Waals surface area contributed by atoms with Crippen molar-refractivity contribution in [3.05, 3.63) is 11.6 Å². The van der Waals surface area contributed by atoms with Crippen LogP contribution < -0.4 is 0 Å². The highest BCUT2D eigenvalue weighted by atomic mass is 16.8. The molecule has 7 heterocycles. The molecule has 0 aromatic rings. The molecule has 0 radical (unpaired) electrons. The molecule has 0 spiro atoms. The highest BCUT2D eigenvalue weighted by Gasteiger charge is 2.69. The van der Waals surface area contributed by atoms with Crippen LogP contribution in [0.4, 0.5) is 0 Å². The van der Waals surface area contributed by atoms with Gasteiger partial charge in [0.15, 0.2) is 37.7 Å². The second-order valence-electron chi connectivity index (χ2n) is 31.1. The molecule has 2 bridgehead atoms. The van der Waals surface area contributed by atoms with Gasteiger partial charge in [0, 0.05) is 5.41 Å². The first-order chi connectivity index (χ1) is 46.1. The van der Waals surface area contributed by atoms with Gasteiger partial charge >= 0.3 is 0 Å². The fourth-order valence-electron chi connectivity index (χ4n) is 18.5. The predicted molar refractivity (Wildman–Crippen MR) is 325 cm³/mol. The number of aliphatic hydroxyl groups is 20. The number of hydrogen-bond acceptors (Lipinski definition) is 33. The molecule has 0 amide bonds. The van der Waals surface area contributed by atoms with E-state index >= 15 is 0 Å². The molecule has 33 nitrogen and oxygen atoms in total. The first kappa shape index (κ1) is 77.5. The lowest BCUT2D eigenvalue weighted by molar-refractivity contribution is -0.386. The van der Waals surface area contributed by atoms with E-state index in [2.05, 4.69) is 26.8 Å². The van der Waals surface area contributed by atoms with E-state index in [1.54, 1.807) is 0 Å². The molecular formula is C65H108O33. The number of ether oxygens (including phenoxy) is 13. The minimum Gasteiger partial charge on any atom is -0.394 e.